The summed E-state index contributed by atoms with van der Waals surface area (Å²) in [6, 6.07) is 0. The molecule has 0 spiro atoms. The topological polar surface area (TPSA) is 29.5 Å². The summed E-state index contributed by atoms with van der Waals surface area (Å²) in [4.78, 5) is 9.52. The van der Waals surface area contributed by atoms with Crippen LogP contribution in [0, 0.1) is 0 Å². The van der Waals surface area contributed by atoms with Crippen LogP contribution in [0.4, 0.5) is 0 Å². The molecule has 0 saturated carbocycles. The van der Waals surface area contributed by atoms with Gasteiger partial charge in [-0.15, -0.1) is 0 Å². The van der Waals surface area contributed by atoms with E-state index in [1.54, 1.807) is 0 Å². The van der Waals surface area contributed by atoms with E-state index in [-0.39, 0.29) is 4.75 Å². The highest BCUT2D eigenvalue weighted by Crippen LogP contribution is 2.60. The van der Waals surface area contributed by atoms with Crippen molar-refractivity contribution in [1.82, 2.24) is 0 Å². The van der Waals surface area contributed by atoms with Crippen molar-refractivity contribution in [3.8, 4) is 0 Å². The van der Waals surface area contributed by atoms with Gasteiger partial charge in [0.1, 0.15) is 0 Å². The van der Waals surface area contributed by atoms with E-state index in [1.165, 1.54) is 11.4 Å². The van der Waals surface area contributed by atoms with Crippen molar-refractivity contribution in [1.29, 1.82) is 0 Å². The molecular weight excluding hydrogens is 199 g/mol. The van der Waals surface area contributed by atoms with E-state index in [1.807, 2.05) is 27.7 Å². The summed E-state index contributed by atoms with van der Waals surface area (Å²) in [5.41, 5.74) is -2.56. The summed E-state index contributed by atoms with van der Waals surface area (Å²) in [7, 11) is 0. The Bertz CT molecular complexity index is 164. The fourth-order valence-electron chi connectivity index (χ4n) is 0.536. The van der Waals surface area contributed by atoms with Crippen molar-refractivity contribution < 1.29 is 9.42 Å². The van der Waals surface area contributed by atoms with Gasteiger partial charge in [0.05, 0.1) is 6.61 Å². The fraction of sp³-hybridized carbons (Fsp3) is 1.00. The highest BCUT2D eigenvalue weighted by molar-refractivity contribution is 8.68. The van der Waals surface area contributed by atoms with Gasteiger partial charge in [0.25, 0.3) is 0 Å². The average Bonchev–Trinajstić information content (AvgIpc) is 1.55. The normalized spacial score (nSPS) is 17.9. The first-order valence-corrected chi connectivity index (χ1v) is 7.54. The first-order chi connectivity index (χ1) is 4.77. The van der Waals surface area contributed by atoms with Gasteiger partial charge in [-0.3, -0.25) is 0 Å². The van der Waals surface area contributed by atoms with Crippen LogP contribution in [0.3, 0.4) is 0 Å². The van der Waals surface area contributed by atoms with Gasteiger partial charge < -0.3 is 9.42 Å². The van der Waals surface area contributed by atoms with Crippen molar-refractivity contribution in [3.63, 3.8) is 0 Å². The zero-order chi connectivity index (χ0) is 9.12. The molecule has 1 N–H and O–H groups in total. The molecule has 0 bridgehead atoms. The Balaban J connectivity index is 4.03. The Kier molecular flexibility index (Phi) is 4.59. The largest absolute Gasteiger partial charge is 0.337 e. The molecule has 0 aliphatic heterocycles. The van der Waals surface area contributed by atoms with Gasteiger partial charge in [0.15, 0.2) is 0 Å². The molecule has 0 aromatic heterocycles. The lowest BCUT2D eigenvalue weighted by atomic mass is 10.3. The minimum atomic E-state index is -2.56. The monoisotopic (exact) mass is 214 g/mol. The molecule has 0 aromatic carbocycles. The third-order valence-corrected chi connectivity index (χ3v) is 5.68. The highest BCUT2D eigenvalue weighted by Gasteiger charge is 2.23. The quantitative estimate of drug-likeness (QED) is 0.731. The Morgan fingerprint density at radius 2 is 2.00 bits per heavy atom. The van der Waals surface area contributed by atoms with Crippen molar-refractivity contribution in [2.75, 3.05) is 6.61 Å². The molecule has 1 atom stereocenters. The standard InChI is InChI=1S/C6H15O2PS2/c1-5-8-9(7,10)11-6(2,3)4/h5H2,1-4H3,(H,7,10). The smallest absolute Gasteiger partial charge is 0.245 e. The maximum atomic E-state index is 9.52. The third kappa shape index (κ3) is 7.29. The molecular formula is C6H15O2PS2. The molecule has 0 rings (SSSR count). The van der Waals surface area contributed by atoms with Gasteiger partial charge in [-0.1, -0.05) is 32.2 Å². The number of hydrogen-bond acceptors (Lipinski definition) is 3. The van der Waals surface area contributed by atoms with E-state index in [4.69, 9.17) is 16.3 Å². The van der Waals surface area contributed by atoms with Gasteiger partial charge in [0.2, 0.25) is 5.69 Å². The summed E-state index contributed by atoms with van der Waals surface area (Å²) in [6.07, 6.45) is 0. The lowest BCUT2D eigenvalue weighted by Gasteiger charge is -2.23. The van der Waals surface area contributed by atoms with E-state index in [0.29, 0.717) is 6.61 Å². The SMILES string of the molecule is CCOP(O)(=S)SC(C)(C)C. The summed E-state index contributed by atoms with van der Waals surface area (Å²) in [5, 5.41) is 0. The molecule has 1 unspecified atom stereocenters. The predicted molar refractivity (Wildman–Crippen MR) is 55.5 cm³/mol. The van der Waals surface area contributed by atoms with E-state index in [0.717, 1.165) is 0 Å². The van der Waals surface area contributed by atoms with E-state index in [9.17, 15) is 4.89 Å². The Morgan fingerprint density at radius 3 is 2.27 bits per heavy atom. The van der Waals surface area contributed by atoms with Crippen LogP contribution < -0.4 is 0 Å². The van der Waals surface area contributed by atoms with Crippen LogP contribution in [-0.4, -0.2) is 16.2 Å². The molecule has 0 heterocycles. The lowest BCUT2D eigenvalue weighted by Crippen LogP contribution is -2.07. The van der Waals surface area contributed by atoms with E-state index in [2.05, 4.69) is 0 Å². The second-order valence-corrected chi connectivity index (χ2v) is 9.90. The Morgan fingerprint density at radius 1 is 1.55 bits per heavy atom. The summed E-state index contributed by atoms with van der Waals surface area (Å²) in [5.74, 6) is 0. The average molecular weight is 214 g/mol. The summed E-state index contributed by atoms with van der Waals surface area (Å²) < 4.78 is 5.02. The molecule has 0 aliphatic rings. The Labute approximate surface area is 77.6 Å². The predicted octanol–water partition coefficient (Wildman–Crippen LogP) is 2.77. The molecule has 0 aromatic rings. The van der Waals surface area contributed by atoms with Crippen molar-refractivity contribution in [2.24, 2.45) is 0 Å². The number of rotatable bonds is 3. The van der Waals surface area contributed by atoms with Crippen molar-refractivity contribution in [2.45, 2.75) is 32.4 Å². The first kappa shape index (κ1) is 11.9. The molecule has 0 radical (unpaired) electrons. The minimum absolute atomic E-state index is 0.0283. The van der Waals surface area contributed by atoms with Crippen LogP contribution in [-0.2, 0) is 16.3 Å². The zero-order valence-corrected chi connectivity index (χ0v) is 9.85. The third-order valence-electron chi connectivity index (χ3n) is 0.681. The second-order valence-electron chi connectivity index (χ2n) is 3.09. The fourth-order valence-corrected chi connectivity index (χ4v) is 6.49. The van der Waals surface area contributed by atoms with Gasteiger partial charge in [0, 0.05) is 4.75 Å². The maximum absolute atomic E-state index is 9.52. The molecule has 2 nitrogen and oxygen atoms in total. The van der Waals surface area contributed by atoms with Gasteiger partial charge >= 0.3 is 0 Å². The molecule has 5 heteroatoms. The Hall–Kier alpha value is 0.920. The number of hydrogen-bond donors (Lipinski definition) is 1. The van der Waals surface area contributed by atoms with Gasteiger partial charge in [-0.25, -0.2) is 0 Å². The molecule has 0 saturated heterocycles. The molecule has 11 heavy (non-hydrogen) atoms. The summed E-state index contributed by atoms with van der Waals surface area (Å²) >= 11 is 6.24. The van der Waals surface area contributed by atoms with Crippen molar-refractivity contribution >= 4 is 28.9 Å². The van der Waals surface area contributed by atoms with Crippen LogP contribution in [0.5, 0.6) is 0 Å². The van der Waals surface area contributed by atoms with Crippen LogP contribution in [0.2, 0.25) is 0 Å². The molecule has 0 fully saturated rings. The van der Waals surface area contributed by atoms with E-state index >= 15 is 0 Å². The lowest BCUT2D eigenvalue weighted by molar-refractivity contribution is 0.340. The first-order valence-electron chi connectivity index (χ1n) is 3.45. The highest BCUT2D eigenvalue weighted by atomic mass is 32.9. The van der Waals surface area contributed by atoms with Crippen LogP contribution >= 0.6 is 17.1 Å². The summed E-state index contributed by atoms with van der Waals surface area (Å²) in [6.45, 7) is 8.34. The molecule has 0 aliphatic carbocycles. The van der Waals surface area contributed by atoms with Crippen LogP contribution in [0.15, 0.2) is 0 Å². The maximum Gasteiger partial charge on any atom is 0.245 e. The molecule has 0 amide bonds. The minimum Gasteiger partial charge on any atom is -0.337 e. The molecule has 68 valence electrons. The van der Waals surface area contributed by atoms with Gasteiger partial charge in [-0.2, -0.15) is 0 Å². The second kappa shape index (κ2) is 4.24. The van der Waals surface area contributed by atoms with Crippen LogP contribution in [0.25, 0.3) is 0 Å². The van der Waals surface area contributed by atoms with Gasteiger partial charge in [-0.05, 0) is 18.7 Å². The van der Waals surface area contributed by atoms with Crippen LogP contribution in [0.1, 0.15) is 27.7 Å². The van der Waals surface area contributed by atoms with E-state index < -0.39 is 5.69 Å². The zero-order valence-electron chi connectivity index (χ0n) is 7.33. The van der Waals surface area contributed by atoms with Crippen molar-refractivity contribution in [3.05, 3.63) is 0 Å².